The standard InChI is InChI=1S/C39H45ClN4O6/c1-25(28-10-8-16-41-23-28)18-32(19-26(2)29-11-9-17-42-24-29)43(3)38(46)33(20-27-12-14-31(40)15-13-27)44(4)39(47)36(45)30-21-34(48-5)37(50-7)35(22-30)49-6/h8-17,21-26,32-33H,18-20H2,1-7H3. The van der Waals surface area contributed by atoms with Gasteiger partial charge in [0.15, 0.2) is 11.5 Å². The summed E-state index contributed by atoms with van der Waals surface area (Å²) in [5, 5.41) is 0.546. The summed E-state index contributed by atoms with van der Waals surface area (Å²) in [7, 11) is 7.56. The highest BCUT2D eigenvalue weighted by molar-refractivity contribution is 6.43. The highest BCUT2D eigenvalue weighted by Crippen LogP contribution is 2.38. The maximum Gasteiger partial charge on any atom is 0.295 e. The molecular formula is C39H45ClN4O6. The number of methoxy groups -OCH3 is 3. The molecule has 2 aromatic heterocycles. The zero-order valence-corrected chi connectivity index (χ0v) is 30.4. The second-order valence-electron chi connectivity index (χ2n) is 12.5. The lowest BCUT2D eigenvalue weighted by Crippen LogP contribution is -2.53. The number of benzene rings is 2. The number of nitrogens with zero attached hydrogens (tertiary/aromatic N) is 4. The van der Waals surface area contributed by atoms with E-state index >= 15 is 0 Å². The van der Waals surface area contributed by atoms with Crippen molar-refractivity contribution in [2.75, 3.05) is 35.4 Å². The summed E-state index contributed by atoms with van der Waals surface area (Å²) in [6.45, 7) is 4.24. The molecule has 3 atom stereocenters. The van der Waals surface area contributed by atoms with Crippen LogP contribution in [0, 0.1) is 0 Å². The van der Waals surface area contributed by atoms with Crippen LogP contribution in [0.3, 0.4) is 0 Å². The Morgan fingerprint density at radius 3 is 1.72 bits per heavy atom. The van der Waals surface area contributed by atoms with Crippen molar-refractivity contribution in [3.8, 4) is 17.2 Å². The maximum atomic E-state index is 14.7. The van der Waals surface area contributed by atoms with Gasteiger partial charge in [-0.1, -0.05) is 49.7 Å². The molecule has 0 aliphatic rings. The van der Waals surface area contributed by atoms with Crippen LogP contribution in [0.25, 0.3) is 0 Å². The Balaban J connectivity index is 1.69. The second-order valence-corrected chi connectivity index (χ2v) is 12.9. The fourth-order valence-corrected chi connectivity index (χ4v) is 6.25. The number of ether oxygens (including phenoxy) is 3. The number of ketones is 1. The fraction of sp³-hybridized carbons (Fsp3) is 0.359. The first-order chi connectivity index (χ1) is 24.0. The van der Waals surface area contributed by atoms with E-state index in [1.807, 2.05) is 48.8 Å². The molecular weight excluding hydrogens is 656 g/mol. The monoisotopic (exact) mass is 700 g/mol. The topological polar surface area (TPSA) is 111 Å². The second kappa shape index (κ2) is 17.6. The van der Waals surface area contributed by atoms with Crippen molar-refractivity contribution in [3.63, 3.8) is 0 Å². The van der Waals surface area contributed by atoms with Crippen LogP contribution in [-0.4, -0.2) is 84.9 Å². The van der Waals surface area contributed by atoms with Gasteiger partial charge in [0.2, 0.25) is 11.7 Å². The molecule has 0 aliphatic heterocycles. The number of hydrogen-bond acceptors (Lipinski definition) is 8. The van der Waals surface area contributed by atoms with Crippen LogP contribution in [0.4, 0.5) is 0 Å². The fourth-order valence-electron chi connectivity index (χ4n) is 6.12. The van der Waals surface area contributed by atoms with E-state index in [0.29, 0.717) is 17.9 Å². The SMILES string of the molecule is COc1cc(C(=O)C(=O)N(C)C(Cc2ccc(Cl)cc2)C(=O)N(C)C(CC(C)c2cccnc2)CC(C)c2cccnc2)cc(OC)c1OC. The Morgan fingerprint density at radius 1 is 0.760 bits per heavy atom. The van der Waals surface area contributed by atoms with E-state index in [4.69, 9.17) is 25.8 Å². The van der Waals surface area contributed by atoms with Crippen molar-refractivity contribution in [3.05, 3.63) is 113 Å². The number of pyridine rings is 2. The van der Waals surface area contributed by atoms with E-state index < -0.39 is 17.7 Å². The van der Waals surface area contributed by atoms with Crippen molar-refractivity contribution in [1.29, 1.82) is 0 Å². The highest BCUT2D eigenvalue weighted by Gasteiger charge is 2.36. The molecule has 0 saturated carbocycles. The van der Waals surface area contributed by atoms with Gasteiger partial charge in [-0.3, -0.25) is 24.4 Å². The van der Waals surface area contributed by atoms with E-state index in [0.717, 1.165) is 16.7 Å². The molecule has 4 aromatic rings. The van der Waals surface area contributed by atoms with Gasteiger partial charge in [0.1, 0.15) is 6.04 Å². The van der Waals surface area contributed by atoms with Crippen molar-refractivity contribution in [2.45, 2.75) is 57.0 Å². The molecule has 0 saturated heterocycles. The Kier molecular flexibility index (Phi) is 13.3. The summed E-state index contributed by atoms with van der Waals surface area (Å²) in [6, 6.07) is 16.6. The van der Waals surface area contributed by atoms with Crippen LogP contribution < -0.4 is 14.2 Å². The van der Waals surface area contributed by atoms with Gasteiger partial charge >= 0.3 is 0 Å². The number of aromatic nitrogens is 2. The van der Waals surface area contributed by atoms with Gasteiger partial charge in [0.25, 0.3) is 11.7 Å². The van der Waals surface area contributed by atoms with Crippen molar-refractivity contribution in [1.82, 2.24) is 19.8 Å². The van der Waals surface area contributed by atoms with Crippen LogP contribution in [0.2, 0.25) is 5.02 Å². The van der Waals surface area contributed by atoms with Crippen LogP contribution in [0.1, 0.15) is 65.6 Å². The Morgan fingerprint density at radius 2 is 1.28 bits per heavy atom. The van der Waals surface area contributed by atoms with Crippen molar-refractivity contribution < 1.29 is 28.6 Å². The largest absolute Gasteiger partial charge is 0.493 e. The number of carbonyl (C=O) groups is 3. The predicted molar refractivity (Wildman–Crippen MR) is 193 cm³/mol. The van der Waals surface area contributed by atoms with Gasteiger partial charge in [0.05, 0.1) is 21.3 Å². The van der Waals surface area contributed by atoms with Gasteiger partial charge in [-0.2, -0.15) is 0 Å². The Bertz CT molecular complexity index is 1670. The third kappa shape index (κ3) is 9.18. The van der Waals surface area contributed by atoms with E-state index in [1.54, 1.807) is 36.5 Å². The van der Waals surface area contributed by atoms with Crippen LogP contribution >= 0.6 is 11.6 Å². The molecule has 0 radical (unpaired) electrons. The highest BCUT2D eigenvalue weighted by atomic mass is 35.5. The average Bonchev–Trinajstić information content (AvgIpc) is 3.15. The minimum Gasteiger partial charge on any atom is -0.493 e. The first-order valence-electron chi connectivity index (χ1n) is 16.4. The summed E-state index contributed by atoms with van der Waals surface area (Å²) in [4.78, 5) is 54.0. The number of carbonyl (C=O) groups excluding carboxylic acids is 3. The van der Waals surface area contributed by atoms with E-state index in [2.05, 4.69) is 23.8 Å². The molecule has 10 nitrogen and oxygen atoms in total. The predicted octanol–water partition coefficient (Wildman–Crippen LogP) is 6.62. The lowest BCUT2D eigenvalue weighted by atomic mass is 9.87. The zero-order valence-electron chi connectivity index (χ0n) is 29.6. The molecule has 4 rings (SSSR count). The average molecular weight is 701 g/mol. The zero-order chi connectivity index (χ0) is 36.4. The number of Topliss-reactive ketones (excluding diaryl/α,β-unsaturated/α-hetero) is 1. The number of likely N-dealkylation sites (N-methyl/N-ethyl adjacent to an activating group) is 2. The molecule has 2 aromatic carbocycles. The van der Waals surface area contributed by atoms with Crippen LogP contribution in [0.15, 0.2) is 85.5 Å². The van der Waals surface area contributed by atoms with Crippen LogP contribution in [0.5, 0.6) is 17.2 Å². The molecule has 2 heterocycles. The summed E-state index contributed by atoms with van der Waals surface area (Å²) in [5.74, 6) is -1.06. The third-order valence-corrected chi connectivity index (χ3v) is 9.44. The number of hydrogen-bond donors (Lipinski definition) is 0. The van der Waals surface area contributed by atoms with Gasteiger partial charge in [-0.25, -0.2) is 0 Å². The summed E-state index contributed by atoms with van der Waals surface area (Å²) >= 11 is 6.17. The molecule has 0 bridgehead atoms. The molecule has 0 aliphatic carbocycles. The number of amides is 2. The van der Waals surface area contributed by atoms with Gasteiger partial charge < -0.3 is 24.0 Å². The minimum absolute atomic E-state index is 0.0378. The number of rotatable bonds is 16. The normalized spacial score (nSPS) is 13.4. The molecule has 0 fully saturated rings. The maximum absolute atomic E-state index is 14.7. The first-order valence-corrected chi connectivity index (χ1v) is 16.8. The van der Waals surface area contributed by atoms with Crippen molar-refractivity contribution in [2.24, 2.45) is 0 Å². The molecule has 11 heteroatoms. The molecule has 3 unspecified atom stereocenters. The quantitative estimate of drug-likeness (QED) is 0.0947. The van der Waals surface area contributed by atoms with Crippen LogP contribution in [-0.2, 0) is 16.0 Å². The van der Waals surface area contributed by atoms with E-state index in [9.17, 15) is 14.4 Å². The summed E-state index contributed by atoms with van der Waals surface area (Å²) < 4.78 is 16.2. The summed E-state index contributed by atoms with van der Waals surface area (Å²) in [6.07, 6.45) is 8.62. The Labute approximate surface area is 299 Å². The van der Waals surface area contributed by atoms with E-state index in [-0.39, 0.29) is 53.0 Å². The van der Waals surface area contributed by atoms with Crippen molar-refractivity contribution >= 4 is 29.2 Å². The summed E-state index contributed by atoms with van der Waals surface area (Å²) in [5.41, 5.74) is 2.95. The lowest BCUT2D eigenvalue weighted by Gasteiger charge is -2.37. The molecule has 264 valence electrons. The van der Waals surface area contributed by atoms with Gasteiger partial charge in [-0.05, 0) is 77.8 Å². The minimum atomic E-state index is -1.01. The van der Waals surface area contributed by atoms with Gasteiger partial charge in [0, 0.05) is 61.9 Å². The lowest BCUT2D eigenvalue weighted by molar-refractivity contribution is -0.143. The molecule has 2 amide bonds. The Hall–Kier alpha value is -4.96. The smallest absolute Gasteiger partial charge is 0.295 e. The van der Waals surface area contributed by atoms with Gasteiger partial charge in [-0.15, -0.1) is 0 Å². The molecule has 50 heavy (non-hydrogen) atoms. The number of halogens is 1. The molecule has 0 spiro atoms. The van der Waals surface area contributed by atoms with E-state index in [1.165, 1.54) is 45.4 Å². The third-order valence-electron chi connectivity index (χ3n) is 9.19. The first kappa shape index (κ1) is 37.9. The molecule has 0 N–H and O–H groups in total.